The highest BCUT2D eigenvalue weighted by atomic mass is 16.5. The van der Waals surface area contributed by atoms with Crippen LogP contribution in [-0.2, 0) is 0 Å². The van der Waals surface area contributed by atoms with Gasteiger partial charge in [0.1, 0.15) is 18.5 Å². The van der Waals surface area contributed by atoms with Crippen molar-refractivity contribution in [3.63, 3.8) is 0 Å². The summed E-state index contributed by atoms with van der Waals surface area (Å²) in [6.07, 6.45) is 0.260. The molecule has 4 nitrogen and oxygen atoms in total. The normalized spacial score (nSPS) is 14.2. The van der Waals surface area contributed by atoms with Crippen molar-refractivity contribution in [2.45, 2.75) is 19.4 Å². The van der Waals surface area contributed by atoms with Gasteiger partial charge in [0.15, 0.2) is 0 Å². The number of hydrogen-bond donors (Lipinski definition) is 3. The van der Waals surface area contributed by atoms with E-state index in [4.69, 9.17) is 9.84 Å². The van der Waals surface area contributed by atoms with Crippen molar-refractivity contribution in [1.82, 2.24) is 5.32 Å². The number of para-hydroxylation sites is 1. The Labute approximate surface area is 109 Å². The van der Waals surface area contributed by atoms with E-state index in [1.54, 1.807) is 0 Å². The van der Waals surface area contributed by atoms with Gasteiger partial charge >= 0.3 is 0 Å². The minimum atomic E-state index is -0.522. The highest BCUT2D eigenvalue weighted by molar-refractivity contribution is 5.20. The molecule has 0 aliphatic rings. The standard InChI is InChI=1S/C14H23NO3/c1-12(7-8-16)9-15-10-13(17)11-18-14-5-3-2-4-6-14/h2-6,12-13,15-17H,7-11H2,1H3. The number of aliphatic hydroxyl groups is 2. The third-order valence-electron chi connectivity index (χ3n) is 2.68. The smallest absolute Gasteiger partial charge is 0.119 e. The summed E-state index contributed by atoms with van der Waals surface area (Å²) in [5.74, 6) is 1.18. The Morgan fingerprint density at radius 3 is 2.61 bits per heavy atom. The molecule has 2 atom stereocenters. The van der Waals surface area contributed by atoms with Crippen LogP contribution in [0.1, 0.15) is 13.3 Å². The molecule has 3 N–H and O–H groups in total. The summed E-state index contributed by atoms with van der Waals surface area (Å²) < 4.78 is 5.44. The molecule has 0 aliphatic carbocycles. The van der Waals surface area contributed by atoms with Crippen molar-refractivity contribution < 1.29 is 14.9 Å². The van der Waals surface area contributed by atoms with Crippen LogP contribution in [0.2, 0.25) is 0 Å². The van der Waals surface area contributed by atoms with Crippen LogP contribution in [0, 0.1) is 5.92 Å². The zero-order chi connectivity index (χ0) is 13.2. The average molecular weight is 253 g/mol. The first-order chi connectivity index (χ1) is 8.72. The molecule has 1 rings (SSSR count). The SMILES string of the molecule is CC(CCO)CNCC(O)COc1ccccc1. The molecular weight excluding hydrogens is 230 g/mol. The molecule has 2 unspecified atom stereocenters. The second-order valence-electron chi connectivity index (χ2n) is 4.55. The van der Waals surface area contributed by atoms with E-state index in [9.17, 15) is 5.11 Å². The van der Waals surface area contributed by atoms with Crippen LogP contribution in [-0.4, -0.2) is 42.6 Å². The summed E-state index contributed by atoms with van der Waals surface area (Å²) in [6, 6.07) is 9.45. The fourth-order valence-corrected chi connectivity index (χ4v) is 1.59. The highest BCUT2D eigenvalue weighted by Crippen LogP contribution is 2.08. The fraction of sp³-hybridized carbons (Fsp3) is 0.571. The maximum absolute atomic E-state index is 9.72. The molecule has 1 aromatic rings. The Kier molecular flexibility index (Phi) is 7.41. The lowest BCUT2D eigenvalue weighted by Gasteiger charge is -2.15. The molecule has 0 heterocycles. The first-order valence-corrected chi connectivity index (χ1v) is 6.40. The second kappa shape index (κ2) is 8.91. The average Bonchev–Trinajstić information content (AvgIpc) is 2.38. The Morgan fingerprint density at radius 1 is 1.22 bits per heavy atom. The molecule has 0 fully saturated rings. The monoisotopic (exact) mass is 253 g/mol. The third-order valence-corrected chi connectivity index (χ3v) is 2.68. The summed E-state index contributed by atoms with van der Waals surface area (Å²) in [4.78, 5) is 0. The van der Waals surface area contributed by atoms with Gasteiger partial charge in [0.25, 0.3) is 0 Å². The summed E-state index contributed by atoms with van der Waals surface area (Å²) in [5, 5.41) is 21.6. The summed E-state index contributed by atoms with van der Waals surface area (Å²) in [5.41, 5.74) is 0. The molecule has 0 aliphatic heterocycles. The number of hydrogen-bond acceptors (Lipinski definition) is 4. The molecule has 102 valence electrons. The number of rotatable bonds is 9. The van der Waals surface area contributed by atoms with Gasteiger partial charge in [0.05, 0.1) is 0 Å². The van der Waals surface area contributed by atoms with E-state index in [2.05, 4.69) is 12.2 Å². The molecular formula is C14H23NO3. The topological polar surface area (TPSA) is 61.7 Å². The van der Waals surface area contributed by atoms with Crippen molar-refractivity contribution in [1.29, 1.82) is 0 Å². The maximum atomic E-state index is 9.72. The number of nitrogens with one attached hydrogen (secondary N) is 1. The molecule has 0 saturated heterocycles. The highest BCUT2D eigenvalue weighted by Gasteiger charge is 2.06. The third kappa shape index (κ3) is 6.59. The van der Waals surface area contributed by atoms with E-state index in [-0.39, 0.29) is 13.2 Å². The van der Waals surface area contributed by atoms with Crippen LogP contribution >= 0.6 is 0 Å². The molecule has 0 saturated carbocycles. The summed E-state index contributed by atoms with van der Waals surface area (Å²) >= 11 is 0. The Hall–Kier alpha value is -1.10. The second-order valence-corrected chi connectivity index (χ2v) is 4.55. The van der Waals surface area contributed by atoms with Crippen molar-refractivity contribution >= 4 is 0 Å². The largest absolute Gasteiger partial charge is 0.491 e. The zero-order valence-corrected chi connectivity index (χ0v) is 10.9. The van der Waals surface area contributed by atoms with Crippen molar-refractivity contribution in [3.05, 3.63) is 30.3 Å². The van der Waals surface area contributed by atoms with Crippen LogP contribution in [0.3, 0.4) is 0 Å². The van der Waals surface area contributed by atoms with Gasteiger partial charge in [0, 0.05) is 13.2 Å². The van der Waals surface area contributed by atoms with Crippen molar-refractivity contribution in [3.8, 4) is 5.75 Å². The van der Waals surface area contributed by atoms with Gasteiger partial charge in [0.2, 0.25) is 0 Å². The van der Waals surface area contributed by atoms with Gasteiger partial charge in [-0.25, -0.2) is 0 Å². The zero-order valence-electron chi connectivity index (χ0n) is 10.9. The molecule has 4 heteroatoms. The summed E-state index contributed by atoms with van der Waals surface area (Å²) in [6.45, 7) is 3.86. The predicted octanol–water partition coefficient (Wildman–Crippen LogP) is 1.03. The quantitative estimate of drug-likeness (QED) is 0.615. The van der Waals surface area contributed by atoms with Crippen LogP contribution < -0.4 is 10.1 Å². The number of ether oxygens (including phenoxy) is 1. The first kappa shape index (κ1) is 15.0. The minimum Gasteiger partial charge on any atom is -0.491 e. The van der Waals surface area contributed by atoms with Gasteiger partial charge in [-0.1, -0.05) is 25.1 Å². The van der Waals surface area contributed by atoms with Crippen LogP contribution in [0.4, 0.5) is 0 Å². The lowest BCUT2D eigenvalue weighted by atomic mass is 10.1. The molecule has 0 radical (unpaired) electrons. The predicted molar refractivity (Wildman–Crippen MR) is 71.7 cm³/mol. The molecule has 1 aromatic carbocycles. The van der Waals surface area contributed by atoms with Crippen LogP contribution in [0.15, 0.2) is 30.3 Å². The molecule has 0 spiro atoms. The van der Waals surface area contributed by atoms with Gasteiger partial charge in [-0.3, -0.25) is 0 Å². The van der Waals surface area contributed by atoms with Gasteiger partial charge in [-0.15, -0.1) is 0 Å². The van der Waals surface area contributed by atoms with E-state index in [0.29, 0.717) is 12.5 Å². The van der Waals surface area contributed by atoms with E-state index < -0.39 is 6.10 Å². The van der Waals surface area contributed by atoms with E-state index in [1.807, 2.05) is 30.3 Å². The molecule has 18 heavy (non-hydrogen) atoms. The van der Waals surface area contributed by atoms with Gasteiger partial charge in [-0.05, 0) is 31.0 Å². The minimum absolute atomic E-state index is 0.211. The first-order valence-electron chi connectivity index (χ1n) is 6.40. The number of aliphatic hydroxyl groups excluding tert-OH is 2. The van der Waals surface area contributed by atoms with E-state index in [0.717, 1.165) is 18.7 Å². The van der Waals surface area contributed by atoms with Crippen molar-refractivity contribution in [2.75, 3.05) is 26.3 Å². The van der Waals surface area contributed by atoms with E-state index >= 15 is 0 Å². The van der Waals surface area contributed by atoms with Gasteiger partial charge in [-0.2, -0.15) is 0 Å². The van der Waals surface area contributed by atoms with Crippen LogP contribution in [0.5, 0.6) is 5.75 Å². The Morgan fingerprint density at radius 2 is 1.94 bits per heavy atom. The molecule has 0 aromatic heterocycles. The van der Waals surface area contributed by atoms with Crippen LogP contribution in [0.25, 0.3) is 0 Å². The fourth-order valence-electron chi connectivity index (χ4n) is 1.59. The Bertz CT molecular complexity index is 305. The maximum Gasteiger partial charge on any atom is 0.119 e. The van der Waals surface area contributed by atoms with E-state index in [1.165, 1.54) is 0 Å². The molecule has 0 amide bonds. The summed E-state index contributed by atoms with van der Waals surface area (Å²) in [7, 11) is 0. The lowest BCUT2D eigenvalue weighted by Crippen LogP contribution is -2.34. The van der Waals surface area contributed by atoms with Crippen molar-refractivity contribution in [2.24, 2.45) is 5.92 Å². The lowest BCUT2D eigenvalue weighted by molar-refractivity contribution is 0.105. The van der Waals surface area contributed by atoms with Gasteiger partial charge < -0.3 is 20.3 Å². The molecule has 0 bridgehead atoms. The Balaban J connectivity index is 2.09. The number of benzene rings is 1.